The van der Waals surface area contributed by atoms with Gasteiger partial charge in [0.25, 0.3) is 0 Å². The standard InChI is InChI=1S/C26H32N2O8/c1-13(30)10-17(27)24(32)34-14(2)23(31)35-18-6-7-26(33)19-11-15-4-5-16(12-29)21-20(15)25(26,22(18)36-21)8-9-28(19)3/h4-6,14,17,19,22,29,33H,7-12,27H2,1-3H3/t14-,17-,19+,22-,25-,26+/m0/s1. The zero-order chi connectivity index (χ0) is 26.0. The van der Waals surface area contributed by atoms with Crippen LogP contribution in [0.5, 0.6) is 5.75 Å². The zero-order valence-corrected chi connectivity index (χ0v) is 20.7. The van der Waals surface area contributed by atoms with Crippen LogP contribution in [0.1, 0.15) is 49.8 Å². The van der Waals surface area contributed by atoms with Crippen LogP contribution in [0, 0.1) is 0 Å². The van der Waals surface area contributed by atoms with Gasteiger partial charge in [0, 0.05) is 30.0 Å². The third-order valence-electron chi connectivity index (χ3n) is 8.28. The van der Waals surface area contributed by atoms with Gasteiger partial charge in [0.1, 0.15) is 23.3 Å². The second-order valence-electron chi connectivity index (χ2n) is 10.4. The lowest BCUT2D eigenvalue weighted by atomic mass is 9.50. The molecule has 0 radical (unpaired) electrons. The Labute approximate surface area is 209 Å². The number of hydrogen-bond acceptors (Lipinski definition) is 10. The molecule has 2 bridgehead atoms. The Hall–Kier alpha value is -2.79. The van der Waals surface area contributed by atoms with E-state index in [9.17, 15) is 24.6 Å². The summed E-state index contributed by atoms with van der Waals surface area (Å²) < 4.78 is 17.3. The van der Waals surface area contributed by atoms with Crippen LogP contribution in [-0.4, -0.2) is 76.3 Å². The molecule has 6 atom stereocenters. The molecule has 0 amide bonds. The summed E-state index contributed by atoms with van der Waals surface area (Å²) in [7, 11) is 2.00. The van der Waals surface area contributed by atoms with Crippen molar-refractivity contribution in [1.29, 1.82) is 0 Å². The van der Waals surface area contributed by atoms with Crippen LogP contribution in [-0.2, 0) is 42.3 Å². The highest BCUT2D eigenvalue weighted by Gasteiger charge is 2.71. The monoisotopic (exact) mass is 500 g/mol. The molecule has 4 aliphatic rings. The maximum Gasteiger partial charge on any atom is 0.352 e. The quantitative estimate of drug-likeness (QED) is 0.445. The highest BCUT2D eigenvalue weighted by molar-refractivity contribution is 5.87. The number of nitrogens with zero attached hydrogens (tertiary/aromatic N) is 1. The fraction of sp³-hybridized carbons (Fsp3) is 0.577. The maximum atomic E-state index is 12.9. The molecular weight excluding hydrogens is 468 g/mol. The summed E-state index contributed by atoms with van der Waals surface area (Å²) in [5.41, 5.74) is 6.26. The molecular formula is C26H32N2O8. The maximum absolute atomic E-state index is 12.9. The number of carbonyl (C=O) groups excluding carboxylic acids is 3. The number of carbonyl (C=O) groups is 3. The first kappa shape index (κ1) is 24.9. The number of benzene rings is 1. The van der Waals surface area contributed by atoms with E-state index in [4.69, 9.17) is 19.9 Å². The molecule has 1 spiro atoms. The van der Waals surface area contributed by atoms with Gasteiger partial charge in [0.15, 0.2) is 12.2 Å². The van der Waals surface area contributed by atoms with Crippen molar-refractivity contribution in [2.24, 2.45) is 5.73 Å². The van der Waals surface area contributed by atoms with Crippen molar-refractivity contribution in [2.75, 3.05) is 13.6 Å². The average molecular weight is 501 g/mol. The van der Waals surface area contributed by atoms with Crippen LogP contribution in [0.15, 0.2) is 24.0 Å². The van der Waals surface area contributed by atoms with Gasteiger partial charge < -0.3 is 35.1 Å². The number of rotatable bonds is 7. The number of Topliss-reactive ketones (excluding diaryl/α,β-unsaturated/α-hetero) is 1. The lowest BCUT2D eigenvalue weighted by molar-refractivity contribution is -0.175. The van der Waals surface area contributed by atoms with Gasteiger partial charge in [0.2, 0.25) is 0 Å². The third kappa shape index (κ3) is 3.42. The minimum atomic E-state index is -1.27. The van der Waals surface area contributed by atoms with Crippen molar-refractivity contribution in [3.63, 3.8) is 0 Å². The number of hydrogen-bond donors (Lipinski definition) is 3. The predicted octanol–water partition coefficient (Wildman–Crippen LogP) is 0.238. The second-order valence-corrected chi connectivity index (χ2v) is 10.4. The number of esters is 2. The third-order valence-corrected chi connectivity index (χ3v) is 8.28. The van der Waals surface area contributed by atoms with Gasteiger partial charge in [-0.15, -0.1) is 0 Å². The minimum Gasteiger partial charge on any atom is -0.481 e. The first-order valence-corrected chi connectivity index (χ1v) is 12.3. The largest absolute Gasteiger partial charge is 0.481 e. The van der Waals surface area contributed by atoms with Crippen LogP contribution in [0.25, 0.3) is 0 Å². The smallest absolute Gasteiger partial charge is 0.352 e. The summed E-state index contributed by atoms with van der Waals surface area (Å²) in [6.07, 6.45) is 0.930. The molecule has 2 aliphatic carbocycles. The Balaban J connectivity index is 1.45. The summed E-state index contributed by atoms with van der Waals surface area (Å²) in [5, 5.41) is 22.2. The summed E-state index contributed by atoms with van der Waals surface area (Å²) in [6, 6.07) is 2.51. The van der Waals surface area contributed by atoms with Gasteiger partial charge in [-0.05, 0) is 51.9 Å². The molecule has 0 unspecified atom stereocenters. The van der Waals surface area contributed by atoms with E-state index >= 15 is 0 Å². The van der Waals surface area contributed by atoms with Crippen LogP contribution in [0.4, 0.5) is 0 Å². The summed E-state index contributed by atoms with van der Waals surface area (Å²) in [6.45, 7) is 3.18. The van der Waals surface area contributed by atoms with Crippen LogP contribution in [0.3, 0.4) is 0 Å². The molecule has 1 aromatic rings. The molecule has 1 fully saturated rings. The van der Waals surface area contributed by atoms with Crippen molar-refractivity contribution < 1.29 is 38.8 Å². The van der Waals surface area contributed by atoms with Crippen molar-refractivity contribution in [3.05, 3.63) is 40.7 Å². The molecule has 10 nitrogen and oxygen atoms in total. The molecule has 1 saturated heterocycles. The molecule has 0 aromatic heterocycles. The minimum absolute atomic E-state index is 0.146. The Morgan fingerprint density at radius 1 is 1.31 bits per heavy atom. The predicted molar refractivity (Wildman–Crippen MR) is 126 cm³/mol. The molecule has 36 heavy (non-hydrogen) atoms. The highest BCUT2D eigenvalue weighted by Crippen LogP contribution is 2.64. The molecule has 5 rings (SSSR count). The first-order valence-electron chi connectivity index (χ1n) is 12.3. The van der Waals surface area contributed by atoms with E-state index in [-0.39, 0.29) is 37.0 Å². The second kappa shape index (κ2) is 8.65. The molecule has 194 valence electrons. The lowest BCUT2D eigenvalue weighted by Crippen LogP contribution is -2.74. The number of likely N-dealkylation sites (tertiary alicyclic amines) is 1. The number of piperidine rings is 1. The van der Waals surface area contributed by atoms with E-state index in [0.29, 0.717) is 24.2 Å². The number of likely N-dealkylation sites (N-methyl/N-ethyl adjacent to an activating group) is 1. The SMILES string of the molecule is CC(=O)C[C@H](N)C(=O)O[C@@H](C)C(=O)OC1=CC[C@@]2(O)[C@H]3Cc4ccc(CO)c5c4[C@@]2(CCN3C)[C@H]1O5. The summed E-state index contributed by atoms with van der Waals surface area (Å²) >= 11 is 0. The van der Waals surface area contributed by atoms with Crippen molar-refractivity contribution >= 4 is 17.7 Å². The van der Waals surface area contributed by atoms with Crippen LogP contribution in [0.2, 0.25) is 0 Å². The Morgan fingerprint density at radius 2 is 2.06 bits per heavy atom. The number of aliphatic hydroxyl groups excluding tert-OH is 1. The van der Waals surface area contributed by atoms with E-state index in [2.05, 4.69) is 4.90 Å². The summed E-state index contributed by atoms with van der Waals surface area (Å²) in [4.78, 5) is 38.5. The highest BCUT2D eigenvalue weighted by atomic mass is 16.6. The van der Waals surface area contributed by atoms with E-state index in [1.54, 1.807) is 6.08 Å². The average Bonchev–Trinajstić information content (AvgIpc) is 3.18. The van der Waals surface area contributed by atoms with Crippen molar-refractivity contribution in [2.45, 2.75) is 81.4 Å². The molecule has 4 N–H and O–H groups in total. The van der Waals surface area contributed by atoms with E-state index < -0.39 is 41.2 Å². The van der Waals surface area contributed by atoms with Gasteiger partial charge in [-0.3, -0.25) is 9.59 Å². The number of ether oxygens (including phenoxy) is 3. The van der Waals surface area contributed by atoms with Crippen molar-refractivity contribution in [1.82, 2.24) is 4.90 Å². The van der Waals surface area contributed by atoms with Crippen molar-refractivity contribution in [3.8, 4) is 5.75 Å². The van der Waals surface area contributed by atoms with Gasteiger partial charge in [-0.1, -0.05) is 12.1 Å². The number of nitrogens with two attached hydrogens (primary N) is 1. The fourth-order valence-corrected chi connectivity index (χ4v) is 6.53. The van der Waals surface area contributed by atoms with Crippen LogP contribution < -0.4 is 10.5 Å². The molecule has 10 heteroatoms. The Morgan fingerprint density at radius 3 is 2.75 bits per heavy atom. The van der Waals surface area contributed by atoms with Gasteiger partial charge >= 0.3 is 11.9 Å². The summed E-state index contributed by atoms with van der Waals surface area (Å²) in [5.74, 6) is -1.16. The Bertz CT molecular complexity index is 1160. The topological polar surface area (TPSA) is 149 Å². The van der Waals surface area contributed by atoms with E-state index in [1.807, 2.05) is 19.2 Å². The molecule has 2 heterocycles. The number of ketones is 1. The van der Waals surface area contributed by atoms with Gasteiger partial charge in [-0.2, -0.15) is 0 Å². The Kier molecular flexibility index (Phi) is 5.98. The molecule has 1 aromatic carbocycles. The van der Waals surface area contributed by atoms with Gasteiger partial charge in [-0.25, -0.2) is 4.79 Å². The fourth-order valence-electron chi connectivity index (χ4n) is 6.53. The van der Waals surface area contributed by atoms with Crippen LogP contribution >= 0.6 is 0 Å². The number of aliphatic hydroxyl groups is 2. The lowest BCUT2D eigenvalue weighted by Gasteiger charge is -2.61. The first-order chi connectivity index (χ1) is 17.0. The van der Waals surface area contributed by atoms with E-state index in [0.717, 1.165) is 17.7 Å². The zero-order valence-electron chi connectivity index (χ0n) is 20.7. The molecule has 0 saturated carbocycles. The van der Waals surface area contributed by atoms with Gasteiger partial charge in [0.05, 0.1) is 17.6 Å². The normalized spacial score (nSPS) is 31.4. The van der Waals surface area contributed by atoms with E-state index in [1.165, 1.54) is 13.8 Å². The molecule has 2 aliphatic heterocycles.